The zero-order chi connectivity index (χ0) is 42.3. The largest absolute Gasteiger partial charge is 0.208 e. The number of aryl methyl sites for hydroxylation is 1. The van der Waals surface area contributed by atoms with Crippen LogP contribution in [0, 0.1) is 11.6 Å². The molecule has 0 bridgehead atoms. The highest BCUT2D eigenvalue weighted by Gasteiger charge is 2.20. The van der Waals surface area contributed by atoms with E-state index in [4.69, 9.17) is 29.9 Å². The van der Waals surface area contributed by atoms with Crippen molar-refractivity contribution < 1.29 is 8.78 Å². The Morgan fingerprint density at radius 3 is 1.16 bits per heavy atom. The second kappa shape index (κ2) is 16.2. The summed E-state index contributed by atoms with van der Waals surface area (Å²) < 4.78 is 28.9. The molecule has 0 amide bonds. The van der Waals surface area contributed by atoms with E-state index in [0.29, 0.717) is 40.5 Å². The highest BCUT2D eigenvalue weighted by Crippen LogP contribution is 2.42. The van der Waals surface area contributed by atoms with E-state index in [1.165, 1.54) is 50.4 Å². The summed E-state index contributed by atoms with van der Waals surface area (Å²) in [4.78, 5) is 30.3. The molecule has 0 N–H and O–H groups in total. The Balaban J connectivity index is 0.889. The Hall–Kier alpha value is -7.88. The molecule has 0 saturated heterocycles. The van der Waals surface area contributed by atoms with E-state index in [1.807, 2.05) is 84.1 Å². The number of aromatic nitrogens is 6. The number of rotatable bonds is 8. The first-order valence-electron chi connectivity index (χ1n) is 20.6. The summed E-state index contributed by atoms with van der Waals surface area (Å²) in [6.07, 6.45) is 4.27. The van der Waals surface area contributed by atoms with Gasteiger partial charge >= 0.3 is 0 Å². The summed E-state index contributed by atoms with van der Waals surface area (Å²) in [5.41, 5.74) is 10.8. The molecule has 1 aliphatic carbocycles. The van der Waals surface area contributed by atoms with Gasteiger partial charge in [0.15, 0.2) is 34.9 Å². The molecule has 0 atom stereocenters. The summed E-state index contributed by atoms with van der Waals surface area (Å²) in [7, 11) is 0. The monoisotopic (exact) mass is 836 g/mol. The first kappa shape index (κ1) is 38.1. The molecule has 9 heteroatoms. The van der Waals surface area contributed by atoms with E-state index in [1.54, 1.807) is 24.3 Å². The highest BCUT2D eigenvalue weighted by atomic mass is 32.1. The number of benzene rings is 7. The number of allylic oxidation sites excluding steroid dienone is 1. The van der Waals surface area contributed by atoms with Gasteiger partial charge in [-0.25, -0.2) is 38.7 Å². The maximum atomic E-state index is 13.8. The molecule has 0 fully saturated rings. The van der Waals surface area contributed by atoms with Gasteiger partial charge in [-0.05, 0) is 107 Å². The molecule has 0 radical (unpaired) electrons. The topological polar surface area (TPSA) is 77.3 Å². The van der Waals surface area contributed by atoms with Gasteiger partial charge in [-0.15, -0.1) is 11.3 Å². The van der Waals surface area contributed by atoms with Crippen LogP contribution in [-0.4, -0.2) is 29.9 Å². The fourth-order valence-electron chi connectivity index (χ4n) is 7.96. The zero-order valence-electron chi connectivity index (χ0n) is 33.6. The summed E-state index contributed by atoms with van der Waals surface area (Å²) in [5.74, 6) is 2.56. The average Bonchev–Trinajstić information content (AvgIpc) is 3.72. The zero-order valence-corrected chi connectivity index (χ0v) is 34.4. The molecule has 3 aromatic heterocycles. The van der Waals surface area contributed by atoms with Gasteiger partial charge in [0.25, 0.3) is 0 Å². The third-order valence-corrected chi connectivity index (χ3v) is 12.5. The van der Waals surface area contributed by atoms with Crippen LogP contribution < -0.4 is 0 Å². The Bertz CT molecular complexity index is 3320. The summed E-state index contributed by atoms with van der Waals surface area (Å²) >= 11 is 1.87. The Labute approximate surface area is 366 Å². The van der Waals surface area contributed by atoms with Gasteiger partial charge in [0.1, 0.15) is 11.6 Å². The van der Waals surface area contributed by atoms with Crippen LogP contribution in [0.2, 0.25) is 0 Å². The predicted molar refractivity (Wildman–Crippen MR) is 249 cm³/mol. The van der Waals surface area contributed by atoms with E-state index >= 15 is 0 Å². The fourth-order valence-corrected chi connectivity index (χ4v) is 9.12. The van der Waals surface area contributed by atoms with Crippen molar-refractivity contribution in [2.45, 2.75) is 12.8 Å². The van der Waals surface area contributed by atoms with E-state index in [2.05, 4.69) is 60.7 Å². The average molecular weight is 837 g/mol. The van der Waals surface area contributed by atoms with E-state index in [0.717, 1.165) is 57.3 Å². The molecule has 1 aliphatic rings. The van der Waals surface area contributed by atoms with Crippen molar-refractivity contribution in [3.05, 3.63) is 204 Å². The van der Waals surface area contributed by atoms with Gasteiger partial charge in [-0.3, -0.25) is 0 Å². The third kappa shape index (κ3) is 7.71. The highest BCUT2D eigenvalue weighted by molar-refractivity contribution is 7.19. The molecular weight excluding hydrogens is 803 g/mol. The number of fused-ring (bicyclic) bond motifs is 3. The predicted octanol–water partition coefficient (Wildman–Crippen LogP) is 13.7. The quantitative estimate of drug-likeness (QED) is 0.152. The van der Waals surface area contributed by atoms with Crippen molar-refractivity contribution in [2.24, 2.45) is 0 Å². The maximum Gasteiger partial charge on any atom is 0.164 e. The number of hydrogen-bond acceptors (Lipinski definition) is 7. The molecule has 0 aliphatic heterocycles. The van der Waals surface area contributed by atoms with Crippen molar-refractivity contribution in [1.29, 1.82) is 0 Å². The maximum absolute atomic E-state index is 13.8. The van der Waals surface area contributed by atoms with Gasteiger partial charge in [0.05, 0.1) is 0 Å². The normalized spacial score (nSPS) is 12.3. The van der Waals surface area contributed by atoms with Crippen molar-refractivity contribution in [1.82, 2.24) is 29.9 Å². The van der Waals surface area contributed by atoms with Crippen LogP contribution >= 0.6 is 11.3 Å². The van der Waals surface area contributed by atoms with Gasteiger partial charge in [-0.2, -0.15) is 0 Å². The first-order chi connectivity index (χ1) is 31.0. The molecule has 6 nitrogen and oxygen atoms in total. The lowest BCUT2D eigenvalue weighted by Gasteiger charge is -2.15. The molecule has 0 spiro atoms. The van der Waals surface area contributed by atoms with Crippen LogP contribution in [0.3, 0.4) is 0 Å². The Morgan fingerprint density at radius 2 is 0.714 bits per heavy atom. The van der Waals surface area contributed by atoms with Crippen LogP contribution in [0.4, 0.5) is 8.78 Å². The first-order valence-corrected chi connectivity index (χ1v) is 21.4. The summed E-state index contributed by atoms with van der Waals surface area (Å²) in [5, 5.41) is 1.24. The molecule has 3 heterocycles. The lowest BCUT2D eigenvalue weighted by molar-refractivity contribution is 0.627. The lowest BCUT2D eigenvalue weighted by Crippen LogP contribution is -2.00. The van der Waals surface area contributed by atoms with E-state index < -0.39 is 0 Å². The van der Waals surface area contributed by atoms with Crippen LogP contribution in [0.1, 0.15) is 22.4 Å². The van der Waals surface area contributed by atoms with Gasteiger partial charge < -0.3 is 0 Å². The minimum absolute atomic E-state index is 0.312. The standard InChI is InChI=1S/C54H34F2N6S/c55-43-25-19-39(20-26-43)53-59-49(35-7-3-1-4-8-35)57-51(61-53)37-15-11-33(12-16-37)41-23-29-47-45(31-41)46-32-42(24-30-48(46)63-47)34-13-17-38(18-14-34)52-58-50(36-9-5-2-6-10-36)60-54(62-52)40-21-27-44(56)28-22-40/h1-23,25-29,31-32H,24,30H2. The van der Waals surface area contributed by atoms with E-state index in [-0.39, 0.29) is 11.6 Å². The third-order valence-electron chi connectivity index (χ3n) is 11.3. The number of halogens is 2. The van der Waals surface area contributed by atoms with Crippen molar-refractivity contribution in [3.63, 3.8) is 0 Å². The van der Waals surface area contributed by atoms with Crippen LogP contribution in [0.15, 0.2) is 176 Å². The fraction of sp³-hybridized carbons (Fsp3) is 0.0370. The molecule has 7 aromatic carbocycles. The number of nitrogens with zero attached hydrogens (tertiary/aromatic N) is 6. The summed E-state index contributed by atoms with van der Waals surface area (Å²) in [6, 6.07) is 55.5. The van der Waals surface area contributed by atoms with Crippen molar-refractivity contribution in [3.8, 4) is 79.5 Å². The smallest absolute Gasteiger partial charge is 0.164 e. The lowest BCUT2D eigenvalue weighted by atomic mass is 9.91. The van der Waals surface area contributed by atoms with Gasteiger partial charge in [0, 0.05) is 48.3 Å². The minimum atomic E-state index is -0.314. The molecule has 0 unspecified atom stereocenters. The minimum Gasteiger partial charge on any atom is -0.208 e. The molecule has 300 valence electrons. The number of hydrogen-bond donors (Lipinski definition) is 0. The molecular formula is C54H34F2N6S. The SMILES string of the molecule is Fc1ccc(-c2nc(-c3ccccc3)nc(-c3ccc(C4=Cc5c(sc6ccc(-c7ccc(-c8nc(-c9ccccc9)nc(-c9ccc(F)cc9)n8)cc7)cc56)CC4)cc3)n2)cc1. The van der Waals surface area contributed by atoms with Crippen LogP contribution in [0.25, 0.3) is 101 Å². The second-order valence-electron chi connectivity index (χ2n) is 15.3. The van der Waals surface area contributed by atoms with Crippen molar-refractivity contribution >= 4 is 33.1 Å². The second-order valence-corrected chi connectivity index (χ2v) is 16.5. The summed E-state index contributed by atoms with van der Waals surface area (Å²) in [6.45, 7) is 0. The van der Waals surface area contributed by atoms with Crippen LogP contribution in [-0.2, 0) is 6.42 Å². The van der Waals surface area contributed by atoms with Gasteiger partial charge in [-0.1, -0.05) is 115 Å². The molecule has 10 aromatic rings. The van der Waals surface area contributed by atoms with Crippen molar-refractivity contribution in [2.75, 3.05) is 0 Å². The Morgan fingerprint density at radius 1 is 0.349 bits per heavy atom. The molecule has 11 rings (SSSR count). The van der Waals surface area contributed by atoms with E-state index in [9.17, 15) is 8.78 Å². The number of thiophene rings is 1. The van der Waals surface area contributed by atoms with Crippen LogP contribution in [0.5, 0.6) is 0 Å². The Kier molecular flexibility index (Phi) is 9.78. The molecule has 0 saturated carbocycles. The molecule has 63 heavy (non-hydrogen) atoms. The van der Waals surface area contributed by atoms with Gasteiger partial charge in [0.2, 0.25) is 0 Å².